The number of H-pyrrole nitrogens is 3. The first kappa shape index (κ1) is 9.15. The molecule has 0 fully saturated rings. The van der Waals surface area contributed by atoms with Crippen molar-refractivity contribution < 1.29 is 4.79 Å². The first-order chi connectivity index (χ1) is 7.11. The van der Waals surface area contributed by atoms with Gasteiger partial charge in [0, 0.05) is 0 Å². The maximum Gasteiger partial charge on any atom is 0.327 e. The van der Waals surface area contributed by atoms with Gasteiger partial charge in [-0.2, -0.15) is 0 Å². The van der Waals surface area contributed by atoms with Crippen LogP contribution in [0.5, 0.6) is 0 Å². The van der Waals surface area contributed by atoms with Gasteiger partial charge in [0.2, 0.25) is 0 Å². The van der Waals surface area contributed by atoms with E-state index in [2.05, 4.69) is 15.0 Å². The van der Waals surface area contributed by atoms with Crippen LogP contribution in [0.4, 0.5) is 0 Å². The van der Waals surface area contributed by atoms with E-state index in [0.29, 0.717) is 0 Å². The van der Waals surface area contributed by atoms with Crippen molar-refractivity contribution in [2.45, 2.75) is 0 Å². The summed E-state index contributed by atoms with van der Waals surface area (Å²) < 4.78 is 0. The second-order valence-corrected chi connectivity index (χ2v) is 2.69. The van der Waals surface area contributed by atoms with Gasteiger partial charge in [-0.15, -0.1) is 0 Å². The van der Waals surface area contributed by atoms with Crippen molar-refractivity contribution in [2.75, 3.05) is 0 Å². The number of hydrogen-bond donors (Lipinski definition) is 5. The number of nitrogens with one attached hydrogen (secondary N) is 4. The Morgan fingerprint density at radius 1 is 1.27 bits per heavy atom. The highest BCUT2D eigenvalue weighted by Gasteiger charge is 2.12. The molecule has 0 spiro atoms. The molecule has 0 unspecified atom stereocenters. The van der Waals surface area contributed by atoms with Gasteiger partial charge in [-0.3, -0.25) is 25.0 Å². The summed E-state index contributed by atoms with van der Waals surface area (Å²) >= 11 is 0. The first-order valence-corrected chi connectivity index (χ1v) is 3.85. The van der Waals surface area contributed by atoms with E-state index in [9.17, 15) is 14.4 Å². The third-order valence-corrected chi connectivity index (χ3v) is 1.74. The van der Waals surface area contributed by atoms with Crippen LogP contribution in [-0.4, -0.2) is 25.8 Å². The fourth-order valence-corrected chi connectivity index (χ4v) is 1.11. The number of carbonyl (C=O) groups is 1. The van der Waals surface area contributed by atoms with E-state index in [1.807, 2.05) is 10.4 Å². The molecular formula is C6H6N6O3. The van der Waals surface area contributed by atoms with Crippen LogP contribution in [0.15, 0.2) is 9.59 Å². The molecule has 0 saturated carbocycles. The Balaban J connectivity index is 2.76. The smallest absolute Gasteiger partial charge is 0.327 e. The monoisotopic (exact) mass is 210 g/mol. The molecule has 9 nitrogen and oxygen atoms in total. The van der Waals surface area contributed by atoms with Gasteiger partial charge in [0.1, 0.15) is 5.52 Å². The topological polar surface area (TPSA) is 150 Å². The van der Waals surface area contributed by atoms with E-state index in [-0.39, 0.29) is 17.0 Å². The number of hydrazine groups is 1. The van der Waals surface area contributed by atoms with Crippen LogP contribution in [0.1, 0.15) is 10.6 Å². The quantitative estimate of drug-likeness (QED) is 0.201. The minimum Gasteiger partial charge on any atom is -0.328 e. The van der Waals surface area contributed by atoms with Gasteiger partial charge in [0.05, 0.1) is 0 Å². The molecule has 2 heterocycles. The summed E-state index contributed by atoms with van der Waals surface area (Å²) in [7, 11) is 0. The Bertz CT molecular complexity index is 634. The molecule has 2 aromatic rings. The summed E-state index contributed by atoms with van der Waals surface area (Å²) in [5.41, 5.74) is 0.498. The van der Waals surface area contributed by atoms with Crippen molar-refractivity contribution in [3.05, 3.63) is 26.7 Å². The van der Waals surface area contributed by atoms with Crippen molar-refractivity contribution in [2.24, 2.45) is 5.84 Å². The van der Waals surface area contributed by atoms with E-state index in [4.69, 9.17) is 5.84 Å². The standard InChI is InChI=1S/C6H6N6O3/c7-12-5(14)3-8-1-2(9-3)10-6(15)11-4(1)13/h7H2,(H,12,14)(H3,8,9,10,11,13,15). The van der Waals surface area contributed by atoms with E-state index in [1.54, 1.807) is 0 Å². The lowest BCUT2D eigenvalue weighted by Crippen LogP contribution is -2.30. The van der Waals surface area contributed by atoms with E-state index < -0.39 is 17.2 Å². The molecule has 1 amide bonds. The molecule has 15 heavy (non-hydrogen) atoms. The molecule has 0 aliphatic rings. The minimum atomic E-state index is -0.696. The molecule has 0 radical (unpaired) electrons. The summed E-state index contributed by atoms with van der Waals surface area (Å²) in [6, 6.07) is 0. The molecule has 0 aliphatic carbocycles. The van der Waals surface area contributed by atoms with Crippen molar-refractivity contribution in [3.63, 3.8) is 0 Å². The highest BCUT2D eigenvalue weighted by molar-refractivity contribution is 5.92. The number of aromatic amines is 3. The van der Waals surface area contributed by atoms with Gasteiger partial charge in [0.25, 0.3) is 5.56 Å². The van der Waals surface area contributed by atoms with Gasteiger partial charge >= 0.3 is 11.6 Å². The summed E-state index contributed by atoms with van der Waals surface area (Å²) in [4.78, 5) is 43.5. The van der Waals surface area contributed by atoms with E-state index >= 15 is 0 Å². The molecule has 2 aromatic heterocycles. The zero-order valence-corrected chi connectivity index (χ0v) is 7.25. The van der Waals surface area contributed by atoms with Crippen molar-refractivity contribution in [1.29, 1.82) is 0 Å². The third-order valence-electron chi connectivity index (χ3n) is 1.74. The molecule has 78 valence electrons. The minimum absolute atomic E-state index is 0.00218. The number of amides is 1. The molecule has 0 aromatic carbocycles. The number of rotatable bonds is 1. The zero-order chi connectivity index (χ0) is 11.0. The number of nitrogen functional groups attached to an aromatic ring is 1. The maximum absolute atomic E-state index is 11.2. The lowest BCUT2D eigenvalue weighted by Gasteiger charge is -1.90. The lowest BCUT2D eigenvalue weighted by molar-refractivity contribution is 0.0944. The van der Waals surface area contributed by atoms with Crippen LogP contribution < -0.4 is 22.5 Å². The predicted octanol–water partition coefficient (Wildman–Crippen LogP) is -2.46. The SMILES string of the molecule is NNC(=O)c1nc2[nH]c(=O)[nH]c(=O)c2[nH]1. The fraction of sp³-hybridized carbons (Fsp3) is 0. The van der Waals surface area contributed by atoms with Gasteiger partial charge < -0.3 is 4.98 Å². The highest BCUT2D eigenvalue weighted by Crippen LogP contribution is 2.00. The number of carbonyl (C=O) groups excluding carboxylic acids is 1. The van der Waals surface area contributed by atoms with Crippen LogP contribution in [0.25, 0.3) is 11.2 Å². The largest absolute Gasteiger partial charge is 0.328 e. The summed E-state index contributed by atoms with van der Waals surface area (Å²) in [5, 5.41) is 0. The van der Waals surface area contributed by atoms with Crippen LogP contribution >= 0.6 is 0 Å². The second-order valence-electron chi connectivity index (χ2n) is 2.69. The van der Waals surface area contributed by atoms with Gasteiger partial charge in [-0.1, -0.05) is 0 Å². The fourth-order valence-electron chi connectivity index (χ4n) is 1.11. The normalized spacial score (nSPS) is 10.5. The van der Waals surface area contributed by atoms with Gasteiger partial charge in [-0.25, -0.2) is 15.6 Å². The van der Waals surface area contributed by atoms with Crippen molar-refractivity contribution >= 4 is 17.1 Å². The Hall–Kier alpha value is -2.42. The zero-order valence-electron chi connectivity index (χ0n) is 7.25. The third kappa shape index (κ3) is 1.40. The number of fused-ring (bicyclic) bond motifs is 1. The number of aromatic nitrogens is 4. The van der Waals surface area contributed by atoms with Crippen molar-refractivity contribution in [1.82, 2.24) is 25.4 Å². The van der Waals surface area contributed by atoms with Gasteiger partial charge in [0.15, 0.2) is 11.5 Å². The summed E-state index contributed by atoms with van der Waals surface area (Å²) in [6.45, 7) is 0. The Labute approximate surface area is 80.7 Å². The molecule has 6 N–H and O–H groups in total. The summed E-state index contributed by atoms with van der Waals surface area (Å²) in [5.74, 6) is 4.04. The molecular weight excluding hydrogens is 204 g/mol. The average molecular weight is 210 g/mol. The number of hydrogen-bond acceptors (Lipinski definition) is 5. The first-order valence-electron chi connectivity index (χ1n) is 3.85. The lowest BCUT2D eigenvalue weighted by atomic mass is 10.5. The molecule has 0 atom stereocenters. The summed E-state index contributed by atoms with van der Waals surface area (Å²) in [6.07, 6.45) is 0. The molecule has 0 aliphatic heterocycles. The van der Waals surface area contributed by atoms with E-state index in [1.165, 1.54) is 0 Å². The van der Waals surface area contributed by atoms with Crippen LogP contribution in [-0.2, 0) is 0 Å². The maximum atomic E-state index is 11.2. The highest BCUT2D eigenvalue weighted by atomic mass is 16.2. The van der Waals surface area contributed by atoms with Crippen LogP contribution in [0.3, 0.4) is 0 Å². The van der Waals surface area contributed by atoms with Crippen LogP contribution in [0, 0.1) is 0 Å². The van der Waals surface area contributed by atoms with Crippen molar-refractivity contribution in [3.8, 4) is 0 Å². The number of nitrogens with two attached hydrogens (primary N) is 1. The average Bonchev–Trinajstić information content (AvgIpc) is 2.60. The second kappa shape index (κ2) is 3.06. The predicted molar refractivity (Wildman–Crippen MR) is 49.0 cm³/mol. The van der Waals surface area contributed by atoms with Crippen LogP contribution in [0.2, 0.25) is 0 Å². The molecule has 2 rings (SSSR count). The number of nitrogens with zero attached hydrogens (tertiary/aromatic N) is 1. The van der Waals surface area contributed by atoms with E-state index in [0.717, 1.165) is 0 Å². The van der Waals surface area contributed by atoms with Gasteiger partial charge in [-0.05, 0) is 0 Å². The molecule has 0 saturated heterocycles. The molecule has 0 bridgehead atoms. The Morgan fingerprint density at radius 2 is 2.00 bits per heavy atom. The number of imidazole rings is 1. The Morgan fingerprint density at radius 3 is 2.67 bits per heavy atom. The Kier molecular flexibility index (Phi) is 1.87. The molecule has 9 heteroatoms.